The van der Waals surface area contributed by atoms with E-state index in [1.54, 1.807) is 16.8 Å². The Balaban J connectivity index is 1.74. The van der Waals surface area contributed by atoms with Crippen molar-refractivity contribution in [3.05, 3.63) is 77.0 Å². The number of para-hydroxylation sites is 1. The number of hydrogen-bond donors (Lipinski definition) is 1. The topological polar surface area (TPSA) is 91.8 Å². The summed E-state index contributed by atoms with van der Waals surface area (Å²) in [5.41, 5.74) is 1.93. The molecule has 4 rings (SSSR count). The highest BCUT2D eigenvalue weighted by molar-refractivity contribution is 6.46. The van der Waals surface area contributed by atoms with Gasteiger partial charge in [-0.15, -0.1) is 0 Å². The number of rotatable bonds is 9. The first kappa shape index (κ1) is 24.5. The van der Waals surface area contributed by atoms with Crippen LogP contribution < -0.4 is 0 Å². The van der Waals surface area contributed by atoms with Gasteiger partial charge >= 0.3 is 0 Å². The van der Waals surface area contributed by atoms with Crippen molar-refractivity contribution in [3.8, 4) is 5.69 Å². The van der Waals surface area contributed by atoms with E-state index in [0.717, 1.165) is 25.3 Å². The third-order valence-corrected chi connectivity index (χ3v) is 6.60. The number of aliphatic hydroxyl groups is 1. The zero-order valence-corrected chi connectivity index (χ0v) is 20.7. The highest BCUT2D eigenvalue weighted by Gasteiger charge is 2.47. The number of aryl methyl sites for hydroxylation is 1. The molecular formula is C27H32N4O4. The van der Waals surface area contributed by atoms with E-state index in [0.29, 0.717) is 35.7 Å². The number of aromatic nitrogens is 2. The number of nitrogens with zero attached hydrogens (tertiary/aromatic N) is 4. The molecule has 8 nitrogen and oxygen atoms in total. The molecule has 1 fully saturated rings. The summed E-state index contributed by atoms with van der Waals surface area (Å²) in [5.74, 6) is -0.455. The molecule has 1 aliphatic heterocycles. The van der Waals surface area contributed by atoms with Gasteiger partial charge in [-0.25, -0.2) is 4.68 Å². The maximum absolute atomic E-state index is 13.2. The van der Waals surface area contributed by atoms with Gasteiger partial charge in [0.2, 0.25) is 0 Å². The molecule has 0 saturated carbocycles. The van der Waals surface area contributed by atoms with Crippen LogP contribution >= 0.6 is 0 Å². The van der Waals surface area contributed by atoms with Crippen LogP contribution in [0.2, 0.25) is 0 Å². The number of Topliss-reactive ketones (excluding diaryl/α,β-unsaturated/α-hetero) is 1. The van der Waals surface area contributed by atoms with E-state index in [1.165, 1.54) is 11.1 Å². The van der Waals surface area contributed by atoms with Crippen LogP contribution in [0.3, 0.4) is 0 Å². The molecule has 1 amide bonds. The van der Waals surface area contributed by atoms with Crippen LogP contribution in [-0.2, 0) is 9.59 Å². The fourth-order valence-electron chi connectivity index (χ4n) is 4.63. The first-order valence-electron chi connectivity index (χ1n) is 12.0. The highest BCUT2D eigenvalue weighted by atomic mass is 16.3. The summed E-state index contributed by atoms with van der Waals surface area (Å²) in [6, 6.07) is 12.3. The molecule has 0 aliphatic carbocycles. The summed E-state index contributed by atoms with van der Waals surface area (Å²) in [5, 5.41) is 15.8. The van der Waals surface area contributed by atoms with Crippen molar-refractivity contribution in [1.29, 1.82) is 0 Å². The minimum atomic E-state index is -0.792. The molecule has 184 valence electrons. The van der Waals surface area contributed by atoms with Crippen LogP contribution in [0.15, 0.2) is 58.7 Å². The van der Waals surface area contributed by atoms with E-state index < -0.39 is 17.7 Å². The van der Waals surface area contributed by atoms with Crippen molar-refractivity contribution >= 4 is 17.4 Å². The molecule has 1 unspecified atom stereocenters. The van der Waals surface area contributed by atoms with Gasteiger partial charge in [-0.1, -0.05) is 32.0 Å². The molecular weight excluding hydrogens is 444 g/mol. The lowest BCUT2D eigenvalue weighted by Crippen LogP contribution is -2.33. The van der Waals surface area contributed by atoms with Gasteiger partial charge < -0.3 is 19.3 Å². The maximum Gasteiger partial charge on any atom is 0.295 e. The van der Waals surface area contributed by atoms with E-state index in [9.17, 15) is 14.7 Å². The molecule has 0 radical (unpaired) electrons. The smallest absolute Gasteiger partial charge is 0.295 e. The Morgan fingerprint density at radius 2 is 1.80 bits per heavy atom. The highest BCUT2D eigenvalue weighted by Crippen LogP contribution is 2.40. The van der Waals surface area contributed by atoms with Gasteiger partial charge in [0.15, 0.2) is 0 Å². The Morgan fingerprint density at radius 1 is 1.09 bits per heavy atom. The number of ketones is 1. The first-order valence-corrected chi connectivity index (χ1v) is 12.0. The molecule has 1 saturated heterocycles. The largest absolute Gasteiger partial charge is 0.507 e. The number of furan rings is 1. The van der Waals surface area contributed by atoms with Crippen LogP contribution in [0.5, 0.6) is 0 Å². The maximum atomic E-state index is 13.2. The molecule has 8 heteroatoms. The van der Waals surface area contributed by atoms with Crippen molar-refractivity contribution < 1.29 is 19.1 Å². The van der Waals surface area contributed by atoms with Gasteiger partial charge in [-0.05, 0) is 64.2 Å². The fourth-order valence-corrected chi connectivity index (χ4v) is 4.63. The quantitative estimate of drug-likeness (QED) is 0.282. The molecule has 1 N–H and O–H groups in total. The van der Waals surface area contributed by atoms with Gasteiger partial charge in [0.05, 0.1) is 28.7 Å². The molecule has 1 aromatic carbocycles. The summed E-state index contributed by atoms with van der Waals surface area (Å²) in [6.07, 6.45) is 2.23. The standard InChI is InChI=1S/C27H32N4O4/c1-5-29(6-2)15-10-16-30-24(22-14-13-18(3)35-22)23(26(33)27(30)34)25(32)21-17-28-31(19(21)4)20-11-8-7-9-12-20/h7-9,11-14,17,24,32H,5-6,10,15-16H2,1-4H3. The van der Waals surface area contributed by atoms with Crippen LogP contribution in [0.25, 0.3) is 11.4 Å². The van der Waals surface area contributed by atoms with Crippen molar-refractivity contribution in [2.24, 2.45) is 0 Å². The second-order valence-corrected chi connectivity index (χ2v) is 8.71. The lowest BCUT2D eigenvalue weighted by molar-refractivity contribution is -0.140. The van der Waals surface area contributed by atoms with Gasteiger partial charge in [-0.2, -0.15) is 5.10 Å². The number of benzene rings is 1. The van der Waals surface area contributed by atoms with Crippen molar-refractivity contribution in [2.45, 2.75) is 40.2 Å². The molecule has 3 heterocycles. The molecule has 0 spiro atoms. The van der Waals surface area contributed by atoms with E-state index in [-0.39, 0.29) is 11.3 Å². The second kappa shape index (κ2) is 10.3. The molecule has 35 heavy (non-hydrogen) atoms. The molecule has 0 bridgehead atoms. The molecule has 3 aromatic rings. The number of hydrogen-bond acceptors (Lipinski definition) is 6. The monoisotopic (exact) mass is 476 g/mol. The zero-order chi connectivity index (χ0) is 25.1. The van der Waals surface area contributed by atoms with E-state index >= 15 is 0 Å². The molecule has 1 aliphatic rings. The summed E-state index contributed by atoms with van der Waals surface area (Å²) in [6.45, 7) is 10.8. The van der Waals surface area contributed by atoms with Gasteiger partial charge in [0.1, 0.15) is 23.3 Å². The van der Waals surface area contributed by atoms with Crippen LogP contribution in [-0.4, -0.2) is 62.6 Å². The van der Waals surface area contributed by atoms with Crippen molar-refractivity contribution in [2.75, 3.05) is 26.2 Å². The second-order valence-electron chi connectivity index (χ2n) is 8.71. The Hall–Kier alpha value is -3.65. The van der Waals surface area contributed by atoms with Crippen LogP contribution in [0.4, 0.5) is 0 Å². The van der Waals surface area contributed by atoms with E-state index in [4.69, 9.17) is 4.42 Å². The predicted molar refractivity (Wildman–Crippen MR) is 133 cm³/mol. The number of carbonyl (C=O) groups excluding carboxylic acids is 2. The third-order valence-electron chi connectivity index (χ3n) is 6.60. The Bertz CT molecular complexity index is 1240. The van der Waals surface area contributed by atoms with Crippen LogP contribution in [0, 0.1) is 13.8 Å². The normalized spacial score (nSPS) is 17.6. The SMILES string of the molecule is CCN(CC)CCCN1C(=O)C(=O)C(=C(O)c2cnn(-c3ccccc3)c2C)C1c1ccc(C)o1. The van der Waals surface area contributed by atoms with Crippen molar-refractivity contribution in [1.82, 2.24) is 19.6 Å². The first-order chi connectivity index (χ1) is 16.9. The van der Waals surface area contributed by atoms with Crippen LogP contribution in [0.1, 0.15) is 49.1 Å². The minimum absolute atomic E-state index is 0.0305. The van der Waals surface area contributed by atoms with Gasteiger partial charge in [0.25, 0.3) is 11.7 Å². The van der Waals surface area contributed by atoms with Gasteiger partial charge in [-0.3, -0.25) is 9.59 Å². The number of likely N-dealkylation sites (tertiary alicyclic amines) is 1. The van der Waals surface area contributed by atoms with Crippen molar-refractivity contribution in [3.63, 3.8) is 0 Å². The molecule has 1 atom stereocenters. The Morgan fingerprint density at radius 3 is 2.43 bits per heavy atom. The average molecular weight is 477 g/mol. The number of amides is 1. The Labute approximate surface area is 205 Å². The molecule has 2 aromatic heterocycles. The zero-order valence-electron chi connectivity index (χ0n) is 20.7. The van der Waals surface area contributed by atoms with Gasteiger partial charge in [0, 0.05) is 6.54 Å². The number of aliphatic hydroxyl groups excluding tert-OH is 1. The van der Waals surface area contributed by atoms with E-state index in [1.807, 2.05) is 44.2 Å². The summed E-state index contributed by atoms with van der Waals surface area (Å²) >= 11 is 0. The summed E-state index contributed by atoms with van der Waals surface area (Å²) < 4.78 is 7.56. The Kier molecular flexibility index (Phi) is 7.21. The lowest BCUT2D eigenvalue weighted by atomic mass is 9.99. The summed E-state index contributed by atoms with van der Waals surface area (Å²) in [7, 11) is 0. The summed E-state index contributed by atoms with van der Waals surface area (Å²) in [4.78, 5) is 30.1. The average Bonchev–Trinajstić information content (AvgIpc) is 3.53. The van der Waals surface area contributed by atoms with E-state index in [2.05, 4.69) is 23.8 Å². The number of carbonyl (C=O) groups is 2. The predicted octanol–water partition coefficient (Wildman–Crippen LogP) is 4.24. The minimum Gasteiger partial charge on any atom is -0.507 e. The lowest BCUT2D eigenvalue weighted by Gasteiger charge is -2.25. The fraction of sp³-hybridized carbons (Fsp3) is 0.370. The third kappa shape index (κ3) is 4.66.